The summed E-state index contributed by atoms with van der Waals surface area (Å²) in [6.45, 7) is 6.17. The molecule has 0 aliphatic carbocycles. The molecular formula is C18H20N2O2. The number of esters is 1. The average Bonchev–Trinajstić information content (AvgIpc) is 2.47. The molecular weight excluding hydrogens is 276 g/mol. The van der Waals surface area contributed by atoms with Crippen LogP contribution in [0.5, 0.6) is 0 Å². The van der Waals surface area contributed by atoms with Crippen molar-refractivity contribution >= 4 is 11.7 Å². The molecule has 0 spiro atoms. The van der Waals surface area contributed by atoms with Crippen LogP contribution >= 0.6 is 0 Å². The van der Waals surface area contributed by atoms with Gasteiger partial charge in [-0.25, -0.2) is 0 Å². The maximum Gasteiger partial charge on any atom is 0.311 e. The van der Waals surface area contributed by atoms with Crippen molar-refractivity contribution in [1.29, 1.82) is 5.41 Å². The topological polar surface area (TPSA) is 63.0 Å². The maximum atomic E-state index is 11.5. The lowest BCUT2D eigenvalue weighted by Crippen LogP contribution is -2.11. The van der Waals surface area contributed by atoms with Crippen molar-refractivity contribution in [2.24, 2.45) is 0 Å². The Kier molecular flexibility index (Phi) is 5.04. The lowest BCUT2D eigenvalue weighted by Gasteiger charge is -2.11. The van der Waals surface area contributed by atoms with E-state index in [4.69, 9.17) is 10.1 Å². The number of nitrogens with zero attached hydrogens (tertiary/aromatic N) is 1. The van der Waals surface area contributed by atoms with Crippen LogP contribution in [0.3, 0.4) is 0 Å². The largest absolute Gasteiger partial charge is 0.466 e. The van der Waals surface area contributed by atoms with Crippen LogP contribution in [0.4, 0.5) is 0 Å². The molecule has 2 rings (SSSR count). The first-order valence-corrected chi connectivity index (χ1v) is 7.29. The zero-order chi connectivity index (χ0) is 16.1. The quantitative estimate of drug-likeness (QED) is 0.676. The van der Waals surface area contributed by atoms with Crippen molar-refractivity contribution in [1.82, 2.24) is 4.98 Å². The molecule has 2 aromatic rings. The monoisotopic (exact) mass is 296 g/mol. The van der Waals surface area contributed by atoms with Gasteiger partial charge in [0.25, 0.3) is 0 Å². The molecule has 0 amide bonds. The van der Waals surface area contributed by atoms with Crippen molar-refractivity contribution in [3.63, 3.8) is 0 Å². The molecule has 0 bridgehead atoms. The Morgan fingerprint density at radius 2 is 1.91 bits per heavy atom. The predicted molar refractivity (Wildman–Crippen MR) is 87.2 cm³/mol. The molecule has 0 atom stereocenters. The highest BCUT2D eigenvalue weighted by atomic mass is 16.5. The van der Waals surface area contributed by atoms with Gasteiger partial charge < -0.3 is 10.1 Å². The van der Waals surface area contributed by atoms with E-state index >= 15 is 0 Å². The van der Waals surface area contributed by atoms with Gasteiger partial charge in [-0.15, -0.1) is 0 Å². The summed E-state index contributed by atoms with van der Waals surface area (Å²) >= 11 is 0. The average molecular weight is 296 g/mol. The summed E-state index contributed by atoms with van der Waals surface area (Å²) in [7, 11) is 0. The van der Waals surface area contributed by atoms with Gasteiger partial charge in [0.1, 0.15) is 0 Å². The Bertz CT molecular complexity index is 688. The number of aromatic nitrogens is 1. The van der Waals surface area contributed by atoms with E-state index in [-0.39, 0.29) is 18.1 Å². The molecule has 114 valence electrons. The van der Waals surface area contributed by atoms with E-state index < -0.39 is 0 Å². The van der Waals surface area contributed by atoms with Gasteiger partial charge in [0, 0.05) is 17.5 Å². The molecule has 0 aliphatic rings. The molecule has 4 heteroatoms. The molecule has 22 heavy (non-hydrogen) atoms. The Morgan fingerprint density at radius 3 is 2.55 bits per heavy atom. The number of hydrogen-bond acceptors (Lipinski definition) is 4. The Morgan fingerprint density at radius 1 is 1.23 bits per heavy atom. The summed E-state index contributed by atoms with van der Waals surface area (Å²) in [6, 6.07) is 9.71. The van der Waals surface area contributed by atoms with Crippen molar-refractivity contribution in [2.75, 3.05) is 6.61 Å². The minimum Gasteiger partial charge on any atom is -0.466 e. The highest BCUT2D eigenvalue weighted by Crippen LogP contribution is 2.26. The minimum absolute atomic E-state index is 0.0238. The van der Waals surface area contributed by atoms with Crippen molar-refractivity contribution in [3.05, 3.63) is 53.2 Å². The molecule has 0 radical (unpaired) electrons. The number of aryl methyl sites for hydroxylation is 2. The number of carbonyl (C=O) groups excluding carboxylic acids is 1. The lowest BCUT2D eigenvalue weighted by molar-refractivity contribution is -0.141. The molecule has 1 aromatic heterocycles. The van der Waals surface area contributed by atoms with Gasteiger partial charge >= 0.3 is 5.97 Å². The normalized spacial score (nSPS) is 10.3. The number of rotatable bonds is 5. The molecule has 0 saturated carbocycles. The van der Waals surface area contributed by atoms with Crippen LogP contribution in [0, 0.1) is 19.3 Å². The zero-order valence-electron chi connectivity index (χ0n) is 13.1. The van der Waals surface area contributed by atoms with Crippen LogP contribution in [0.25, 0.3) is 11.3 Å². The summed E-state index contributed by atoms with van der Waals surface area (Å²) < 4.78 is 4.89. The van der Waals surface area contributed by atoms with E-state index in [1.54, 1.807) is 19.2 Å². The van der Waals surface area contributed by atoms with Crippen LogP contribution in [0.15, 0.2) is 36.5 Å². The third kappa shape index (κ3) is 3.58. The SMILES string of the molecule is CCOC(=O)CC(=N)c1ccnc(-c2c(C)cccc2C)c1. The lowest BCUT2D eigenvalue weighted by atomic mass is 9.97. The van der Waals surface area contributed by atoms with Gasteiger partial charge in [-0.2, -0.15) is 0 Å². The van der Waals surface area contributed by atoms with E-state index in [2.05, 4.69) is 4.98 Å². The second-order valence-electron chi connectivity index (χ2n) is 5.16. The first-order valence-electron chi connectivity index (χ1n) is 7.29. The number of carbonyl (C=O) groups is 1. The second kappa shape index (κ2) is 6.98. The zero-order valence-corrected chi connectivity index (χ0v) is 13.1. The maximum absolute atomic E-state index is 11.5. The molecule has 0 fully saturated rings. The van der Waals surface area contributed by atoms with Gasteiger partial charge in [-0.3, -0.25) is 9.78 Å². The Hall–Kier alpha value is -2.49. The summed E-state index contributed by atoms with van der Waals surface area (Å²) in [4.78, 5) is 15.9. The Balaban J connectivity index is 2.31. The molecule has 1 heterocycles. The fourth-order valence-electron chi connectivity index (χ4n) is 2.43. The van der Waals surface area contributed by atoms with E-state index in [9.17, 15) is 4.79 Å². The van der Waals surface area contributed by atoms with Gasteiger partial charge in [0.05, 0.1) is 18.7 Å². The molecule has 4 nitrogen and oxygen atoms in total. The highest BCUT2D eigenvalue weighted by Gasteiger charge is 2.12. The third-order valence-electron chi connectivity index (χ3n) is 3.47. The summed E-state index contributed by atoms with van der Waals surface area (Å²) in [6.07, 6.45) is 1.65. The molecule has 0 aliphatic heterocycles. The van der Waals surface area contributed by atoms with E-state index in [1.807, 2.05) is 38.1 Å². The summed E-state index contributed by atoms with van der Waals surface area (Å²) in [5.74, 6) is -0.377. The number of ether oxygens (including phenoxy) is 1. The van der Waals surface area contributed by atoms with Gasteiger partial charge in [-0.05, 0) is 49.6 Å². The smallest absolute Gasteiger partial charge is 0.311 e. The fourth-order valence-corrected chi connectivity index (χ4v) is 2.43. The number of hydrogen-bond donors (Lipinski definition) is 1. The van der Waals surface area contributed by atoms with E-state index in [0.29, 0.717) is 12.2 Å². The predicted octanol–water partition coefficient (Wildman–Crippen LogP) is 3.69. The van der Waals surface area contributed by atoms with Gasteiger partial charge in [0.15, 0.2) is 0 Å². The van der Waals surface area contributed by atoms with Gasteiger partial charge in [0.2, 0.25) is 0 Å². The first kappa shape index (κ1) is 15.9. The van der Waals surface area contributed by atoms with Crippen LogP contribution in [-0.2, 0) is 9.53 Å². The van der Waals surface area contributed by atoms with E-state index in [1.165, 1.54) is 0 Å². The van der Waals surface area contributed by atoms with Crippen molar-refractivity contribution in [3.8, 4) is 11.3 Å². The minimum atomic E-state index is -0.377. The second-order valence-corrected chi connectivity index (χ2v) is 5.16. The summed E-state index contributed by atoms with van der Waals surface area (Å²) in [5.41, 5.74) is 5.12. The number of nitrogens with one attached hydrogen (secondary N) is 1. The first-order chi connectivity index (χ1) is 10.5. The molecule has 0 saturated heterocycles. The highest BCUT2D eigenvalue weighted by molar-refractivity contribution is 6.07. The van der Waals surface area contributed by atoms with Crippen molar-refractivity contribution < 1.29 is 9.53 Å². The third-order valence-corrected chi connectivity index (χ3v) is 3.47. The number of pyridine rings is 1. The van der Waals surface area contributed by atoms with Crippen LogP contribution < -0.4 is 0 Å². The van der Waals surface area contributed by atoms with Crippen LogP contribution in [0.2, 0.25) is 0 Å². The molecule has 0 unspecified atom stereocenters. The molecule has 1 aromatic carbocycles. The van der Waals surface area contributed by atoms with E-state index in [0.717, 1.165) is 22.4 Å². The van der Waals surface area contributed by atoms with Gasteiger partial charge in [-0.1, -0.05) is 18.2 Å². The van der Waals surface area contributed by atoms with Crippen LogP contribution in [0.1, 0.15) is 30.0 Å². The van der Waals surface area contributed by atoms with Crippen LogP contribution in [-0.4, -0.2) is 23.3 Å². The Labute approximate surface area is 130 Å². The summed E-state index contributed by atoms with van der Waals surface area (Å²) in [5, 5.41) is 8.08. The number of benzene rings is 1. The fraction of sp³-hybridized carbons (Fsp3) is 0.278. The molecule has 1 N–H and O–H groups in total. The van der Waals surface area contributed by atoms with Crippen molar-refractivity contribution in [2.45, 2.75) is 27.2 Å². The standard InChI is InChI=1S/C18H20N2O2/c1-4-22-17(21)11-15(19)14-8-9-20-16(10-14)18-12(2)6-5-7-13(18)3/h5-10,19H,4,11H2,1-3H3.